The Kier molecular flexibility index (Phi) is 2.76. The predicted molar refractivity (Wildman–Crippen MR) is 50.9 cm³/mol. The second kappa shape index (κ2) is 3.64. The number of rotatable bonds is 3. The van der Waals surface area contributed by atoms with Crippen molar-refractivity contribution in [3.8, 4) is 6.08 Å². The van der Waals surface area contributed by atoms with Crippen molar-refractivity contribution in [3.05, 3.63) is 24.6 Å². The van der Waals surface area contributed by atoms with Gasteiger partial charge in [0.2, 0.25) is 0 Å². The van der Waals surface area contributed by atoms with Crippen LogP contribution < -0.4 is 4.74 Å². The molecule has 0 spiro atoms. The average Bonchev–Trinajstić information content (AvgIpc) is 2.47. The first kappa shape index (κ1) is 9.84. The summed E-state index contributed by atoms with van der Waals surface area (Å²) >= 11 is 0. The second-order valence-corrected chi connectivity index (χ2v) is 3.85. The van der Waals surface area contributed by atoms with E-state index in [4.69, 9.17) is 9.15 Å². The maximum Gasteiger partial charge on any atom is 0.394 e. The summed E-state index contributed by atoms with van der Waals surface area (Å²) in [6.07, 6.45) is 3.59. The molecule has 0 N–H and O–H groups in total. The summed E-state index contributed by atoms with van der Waals surface area (Å²) in [5.41, 5.74) is 0.894. The maximum absolute atomic E-state index is 5.14. The zero-order valence-electron chi connectivity index (χ0n) is 8.33. The van der Waals surface area contributed by atoms with Crippen molar-refractivity contribution in [2.24, 2.45) is 0 Å². The topological polar surface area (TPSA) is 35.3 Å². The van der Waals surface area contributed by atoms with Gasteiger partial charge >= 0.3 is 6.08 Å². The van der Waals surface area contributed by atoms with Gasteiger partial charge in [0, 0.05) is 5.41 Å². The fourth-order valence-electron chi connectivity index (χ4n) is 0.798. The molecule has 0 bridgehead atoms. The Morgan fingerprint density at radius 2 is 2.31 bits per heavy atom. The van der Waals surface area contributed by atoms with E-state index in [1.165, 1.54) is 0 Å². The van der Waals surface area contributed by atoms with E-state index < -0.39 is 0 Å². The minimum Gasteiger partial charge on any atom is -0.446 e. The van der Waals surface area contributed by atoms with Gasteiger partial charge in [0.25, 0.3) is 0 Å². The summed E-state index contributed by atoms with van der Waals surface area (Å²) in [5.74, 6) is 0. The zero-order chi connectivity index (χ0) is 9.90. The highest BCUT2D eigenvalue weighted by atomic mass is 16.6. The summed E-state index contributed by atoms with van der Waals surface area (Å²) in [6, 6.07) is 0. The van der Waals surface area contributed by atoms with Gasteiger partial charge in [-0.2, -0.15) is 4.98 Å². The summed E-state index contributed by atoms with van der Waals surface area (Å²) < 4.78 is 10.2. The van der Waals surface area contributed by atoms with E-state index in [1.54, 1.807) is 12.3 Å². The molecular weight excluding hydrogens is 166 g/mol. The quantitative estimate of drug-likeness (QED) is 0.672. The van der Waals surface area contributed by atoms with Crippen LogP contribution in [0, 0.1) is 0 Å². The van der Waals surface area contributed by atoms with Crippen LogP contribution in [0.3, 0.4) is 0 Å². The Labute approximate surface area is 78.4 Å². The fraction of sp³-hybridized carbons (Fsp3) is 0.500. The monoisotopic (exact) mass is 181 g/mol. The lowest BCUT2D eigenvalue weighted by Crippen LogP contribution is -2.11. The van der Waals surface area contributed by atoms with Gasteiger partial charge in [-0.15, -0.1) is 0 Å². The molecule has 1 rings (SSSR count). The summed E-state index contributed by atoms with van der Waals surface area (Å²) in [4.78, 5) is 4.18. The molecular formula is C10H15NO2. The van der Waals surface area contributed by atoms with Crippen LogP contribution in [0.2, 0.25) is 0 Å². The van der Waals surface area contributed by atoms with Crippen molar-refractivity contribution in [2.75, 3.05) is 6.61 Å². The van der Waals surface area contributed by atoms with Crippen molar-refractivity contribution in [1.82, 2.24) is 4.98 Å². The molecule has 0 fully saturated rings. The third-order valence-electron chi connectivity index (χ3n) is 1.58. The van der Waals surface area contributed by atoms with Crippen molar-refractivity contribution in [3.63, 3.8) is 0 Å². The Hall–Kier alpha value is -1.25. The molecule has 0 aliphatic rings. The van der Waals surface area contributed by atoms with Crippen molar-refractivity contribution >= 4 is 0 Å². The molecule has 0 radical (unpaired) electrons. The third-order valence-corrected chi connectivity index (χ3v) is 1.58. The minimum absolute atomic E-state index is 0.000705. The highest BCUT2D eigenvalue weighted by molar-refractivity contribution is 5.10. The van der Waals surface area contributed by atoms with Crippen LogP contribution in [0.5, 0.6) is 6.08 Å². The molecule has 3 heteroatoms. The molecule has 0 amide bonds. The average molecular weight is 181 g/mol. The molecule has 1 aromatic heterocycles. The Balaban J connectivity index is 2.69. The number of nitrogens with zero attached hydrogens (tertiary/aromatic N) is 1. The van der Waals surface area contributed by atoms with Crippen LogP contribution in [0.1, 0.15) is 26.5 Å². The summed E-state index contributed by atoms with van der Waals surface area (Å²) in [7, 11) is 0. The van der Waals surface area contributed by atoms with E-state index in [2.05, 4.69) is 32.3 Å². The molecule has 0 aromatic carbocycles. The van der Waals surface area contributed by atoms with Gasteiger partial charge in [-0.05, 0) is 0 Å². The fourth-order valence-corrected chi connectivity index (χ4v) is 0.798. The van der Waals surface area contributed by atoms with Crippen LogP contribution >= 0.6 is 0 Å². The molecule has 0 aliphatic heterocycles. The van der Waals surface area contributed by atoms with E-state index in [0.29, 0.717) is 12.7 Å². The highest BCUT2D eigenvalue weighted by Gasteiger charge is 2.18. The minimum atomic E-state index is -0.000705. The lowest BCUT2D eigenvalue weighted by atomic mass is 9.93. The molecule has 72 valence electrons. The lowest BCUT2D eigenvalue weighted by molar-refractivity contribution is 0.258. The first-order chi connectivity index (χ1) is 6.04. The standard InChI is InChI=1S/C10H15NO2/c1-5-6-12-9-11-8(7-13-9)10(2,3)4/h5,7H,1,6H2,2-4H3. The molecule has 13 heavy (non-hydrogen) atoms. The molecule has 0 aliphatic carbocycles. The lowest BCUT2D eigenvalue weighted by Gasteiger charge is -2.12. The van der Waals surface area contributed by atoms with Crippen LogP contribution in [0.25, 0.3) is 0 Å². The number of oxazole rings is 1. The van der Waals surface area contributed by atoms with Gasteiger partial charge in [-0.3, -0.25) is 0 Å². The van der Waals surface area contributed by atoms with Crippen LogP contribution in [0.4, 0.5) is 0 Å². The first-order valence-corrected chi connectivity index (χ1v) is 4.24. The summed E-state index contributed by atoms with van der Waals surface area (Å²) in [5, 5.41) is 0. The first-order valence-electron chi connectivity index (χ1n) is 4.24. The molecule has 0 atom stereocenters. The molecule has 0 saturated carbocycles. The Morgan fingerprint density at radius 1 is 1.62 bits per heavy atom. The molecule has 1 heterocycles. The second-order valence-electron chi connectivity index (χ2n) is 3.85. The van der Waals surface area contributed by atoms with Crippen LogP contribution in [-0.4, -0.2) is 11.6 Å². The smallest absolute Gasteiger partial charge is 0.394 e. The largest absolute Gasteiger partial charge is 0.446 e. The van der Waals surface area contributed by atoms with E-state index >= 15 is 0 Å². The highest BCUT2D eigenvalue weighted by Crippen LogP contribution is 2.23. The Morgan fingerprint density at radius 3 is 2.77 bits per heavy atom. The number of hydrogen-bond donors (Lipinski definition) is 0. The van der Waals surface area contributed by atoms with Crippen molar-refractivity contribution < 1.29 is 9.15 Å². The zero-order valence-corrected chi connectivity index (χ0v) is 8.33. The van der Waals surface area contributed by atoms with E-state index in [0.717, 1.165) is 5.69 Å². The van der Waals surface area contributed by atoms with Crippen LogP contribution in [0.15, 0.2) is 23.3 Å². The number of aromatic nitrogens is 1. The predicted octanol–water partition coefficient (Wildman–Crippen LogP) is 2.54. The van der Waals surface area contributed by atoms with E-state index in [9.17, 15) is 0 Å². The molecule has 1 aromatic rings. The van der Waals surface area contributed by atoms with Gasteiger partial charge in [0.1, 0.15) is 12.9 Å². The maximum atomic E-state index is 5.14. The van der Waals surface area contributed by atoms with E-state index in [1.807, 2.05) is 0 Å². The normalized spacial score (nSPS) is 11.3. The van der Waals surface area contributed by atoms with Crippen molar-refractivity contribution in [2.45, 2.75) is 26.2 Å². The van der Waals surface area contributed by atoms with Crippen molar-refractivity contribution in [1.29, 1.82) is 0 Å². The molecule has 0 unspecified atom stereocenters. The van der Waals surface area contributed by atoms with Crippen LogP contribution in [-0.2, 0) is 5.41 Å². The summed E-state index contributed by atoms with van der Waals surface area (Å²) in [6.45, 7) is 10.2. The number of ether oxygens (including phenoxy) is 1. The third kappa shape index (κ3) is 2.61. The SMILES string of the molecule is C=CCOc1nc(C(C)(C)C)co1. The number of hydrogen-bond acceptors (Lipinski definition) is 3. The van der Waals surface area contributed by atoms with Gasteiger partial charge in [-0.25, -0.2) is 0 Å². The Bertz CT molecular complexity index is 283. The molecule has 0 saturated heterocycles. The van der Waals surface area contributed by atoms with Gasteiger partial charge in [-0.1, -0.05) is 33.4 Å². The van der Waals surface area contributed by atoms with E-state index in [-0.39, 0.29) is 5.41 Å². The van der Waals surface area contributed by atoms with Gasteiger partial charge < -0.3 is 9.15 Å². The van der Waals surface area contributed by atoms with Gasteiger partial charge in [0.05, 0.1) is 5.69 Å². The molecule has 3 nitrogen and oxygen atoms in total. The van der Waals surface area contributed by atoms with Gasteiger partial charge in [0.15, 0.2) is 0 Å².